The first kappa shape index (κ1) is 17.2. The van der Waals surface area contributed by atoms with Gasteiger partial charge in [0.1, 0.15) is 11.5 Å². The molecule has 1 atom stereocenters. The smallest absolute Gasteiger partial charge is 0.333 e. The van der Waals surface area contributed by atoms with E-state index in [0.717, 1.165) is 37.6 Å². The molecule has 1 N–H and O–H groups in total. The number of nitro groups is 1. The Morgan fingerprint density at radius 3 is 2.88 bits per heavy atom. The van der Waals surface area contributed by atoms with Crippen LogP contribution < -0.4 is 10.2 Å². The van der Waals surface area contributed by atoms with Gasteiger partial charge in [-0.05, 0) is 45.2 Å². The van der Waals surface area contributed by atoms with Crippen LogP contribution in [0.3, 0.4) is 0 Å². The van der Waals surface area contributed by atoms with Crippen molar-refractivity contribution in [1.82, 2.24) is 14.8 Å². The van der Waals surface area contributed by atoms with E-state index in [1.54, 1.807) is 11.6 Å². The first-order valence-electron chi connectivity index (χ1n) is 8.63. The summed E-state index contributed by atoms with van der Waals surface area (Å²) in [4.78, 5) is 17.7. The zero-order valence-electron chi connectivity index (χ0n) is 14.9. The van der Waals surface area contributed by atoms with Gasteiger partial charge in [-0.15, -0.1) is 0 Å². The Balaban J connectivity index is 1.70. The van der Waals surface area contributed by atoms with Gasteiger partial charge in [0.2, 0.25) is 5.82 Å². The SMILES string of the molecule is CCn1nc(C)c([N+](=O)[O-])c1N1CC[C@H](CNc2cccc(C)n2)C1. The fraction of sp³-hybridized carbons (Fsp3) is 0.529. The molecule has 0 aliphatic carbocycles. The largest absolute Gasteiger partial charge is 0.370 e. The Hall–Kier alpha value is -2.64. The molecule has 2 aromatic rings. The summed E-state index contributed by atoms with van der Waals surface area (Å²) in [6.07, 6.45) is 0.990. The minimum atomic E-state index is -0.313. The Labute approximate surface area is 147 Å². The molecule has 134 valence electrons. The highest BCUT2D eigenvalue weighted by molar-refractivity contribution is 5.62. The molecule has 1 saturated heterocycles. The van der Waals surface area contributed by atoms with E-state index in [1.165, 1.54) is 0 Å². The fourth-order valence-electron chi connectivity index (χ4n) is 3.39. The number of hydrogen-bond acceptors (Lipinski definition) is 6. The molecular weight excluding hydrogens is 320 g/mol. The lowest BCUT2D eigenvalue weighted by Crippen LogP contribution is -2.25. The number of pyridine rings is 1. The maximum Gasteiger partial charge on any atom is 0.333 e. The maximum absolute atomic E-state index is 11.5. The summed E-state index contributed by atoms with van der Waals surface area (Å²) in [5.41, 5.74) is 1.60. The van der Waals surface area contributed by atoms with Crippen LogP contribution in [0.2, 0.25) is 0 Å². The topological polar surface area (TPSA) is 89.1 Å². The van der Waals surface area contributed by atoms with Gasteiger partial charge in [-0.2, -0.15) is 5.10 Å². The molecule has 8 heteroatoms. The predicted octanol–water partition coefficient (Wildman–Crippen LogP) is 2.76. The molecule has 1 fully saturated rings. The third kappa shape index (κ3) is 3.57. The van der Waals surface area contributed by atoms with Crippen molar-refractivity contribution in [3.63, 3.8) is 0 Å². The van der Waals surface area contributed by atoms with Gasteiger partial charge in [-0.25, -0.2) is 9.67 Å². The van der Waals surface area contributed by atoms with Gasteiger partial charge in [0, 0.05) is 31.9 Å². The Morgan fingerprint density at radius 2 is 2.20 bits per heavy atom. The second kappa shape index (κ2) is 7.08. The molecule has 0 saturated carbocycles. The van der Waals surface area contributed by atoms with Crippen molar-refractivity contribution in [2.45, 2.75) is 33.7 Å². The fourth-order valence-corrected chi connectivity index (χ4v) is 3.39. The third-order valence-electron chi connectivity index (χ3n) is 4.60. The van der Waals surface area contributed by atoms with Crippen molar-refractivity contribution < 1.29 is 4.92 Å². The highest BCUT2D eigenvalue weighted by Gasteiger charge is 2.33. The normalized spacial score (nSPS) is 17.1. The minimum Gasteiger partial charge on any atom is -0.370 e. The summed E-state index contributed by atoms with van der Waals surface area (Å²) >= 11 is 0. The number of aromatic nitrogens is 3. The molecule has 0 aromatic carbocycles. The number of rotatable bonds is 6. The average Bonchev–Trinajstić information content (AvgIpc) is 3.16. The van der Waals surface area contributed by atoms with Crippen molar-refractivity contribution in [3.8, 4) is 0 Å². The number of aryl methyl sites for hydroxylation is 3. The number of nitrogens with zero attached hydrogens (tertiary/aromatic N) is 5. The van der Waals surface area contributed by atoms with Gasteiger partial charge < -0.3 is 10.2 Å². The van der Waals surface area contributed by atoms with E-state index in [1.807, 2.05) is 32.0 Å². The van der Waals surface area contributed by atoms with E-state index in [-0.39, 0.29) is 10.6 Å². The molecule has 2 aromatic heterocycles. The van der Waals surface area contributed by atoms with Crippen LogP contribution in [0.15, 0.2) is 18.2 Å². The van der Waals surface area contributed by atoms with Crippen LogP contribution in [0.1, 0.15) is 24.7 Å². The molecule has 3 rings (SSSR count). The molecule has 0 unspecified atom stereocenters. The number of hydrogen-bond donors (Lipinski definition) is 1. The Bertz CT molecular complexity index is 772. The van der Waals surface area contributed by atoms with Gasteiger partial charge >= 0.3 is 5.69 Å². The van der Waals surface area contributed by atoms with E-state index in [4.69, 9.17) is 0 Å². The van der Waals surface area contributed by atoms with Crippen LogP contribution in [0.25, 0.3) is 0 Å². The molecule has 0 bridgehead atoms. The second-order valence-corrected chi connectivity index (χ2v) is 6.48. The van der Waals surface area contributed by atoms with Gasteiger partial charge in [-0.3, -0.25) is 10.1 Å². The number of nitrogens with one attached hydrogen (secondary N) is 1. The average molecular weight is 344 g/mol. The van der Waals surface area contributed by atoms with Crippen molar-refractivity contribution in [2.75, 3.05) is 29.9 Å². The molecular formula is C17H24N6O2. The molecule has 3 heterocycles. The Kier molecular flexibility index (Phi) is 4.87. The second-order valence-electron chi connectivity index (χ2n) is 6.48. The summed E-state index contributed by atoms with van der Waals surface area (Å²) in [7, 11) is 0. The first-order chi connectivity index (χ1) is 12.0. The van der Waals surface area contributed by atoms with Crippen LogP contribution in [-0.4, -0.2) is 39.3 Å². The third-order valence-corrected chi connectivity index (χ3v) is 4.60. The summed E-state index contributed by atoms with van der Waals surface area (Å²) < 4.78 is 1.74. The van der Waals surface area contributed by atoms with E-state index >= 15 is 0 Å². The molecule has 1 aliphatic heterocycles. The van der Waals surface area contributed by atoms with E-state index < -0.39 is 0 Å². The van der Waals surface area contributed by atoms with Crippen LogP contribution in [0.4, 0.5) is 17.3 Å². The van der Waals surface area contributed by atoms with Crippen molar-refractivity contribution in [1.29, 1.82) is 0 Å². The van der Waals surface area contributed by atoms with Crippen LogP contribution in [0.5, 0.6) is 0 Å². The molecule has 8 nitrogen and oxygen atoms in total. The highest BCUT2D eigenvalue weighted by Crippen LogP contribution is 2.34. The van der Waals surface area contributed by atoms with E-state index in [0.29, 0.717) is 24.0 Å². The molecule has 0 spiro atoms. The quantitative estimate of drug-likeness (QED) is 0.640. The van der Waals surface area contributed by atoms with Crippen molar-refractivity contribution in [3.05, 3.63) is 39.7 Å². The zero-order valence-corrected chi connectivity index (χ0v) is 14.9. The maximum atomic E-state index is 11.5. The lowest BCUT2D eigenvalue weighted by molar-refractivity contribution is -0.384. The van der Waals surface area contributed by atoms with Gasteiger partial charge in [0.15, 0.2) is 0 Å². The lowest BCUT2D eigenvalue weighted by atomic mass is 10.1. The standard InChI is InChI=1S/C17H24N6O2/c1-4-22-17(16(23(24)25)13(3)20-22)21-9-8-14(11-21)10-18-15-7-5-6-12(2)19-15/h5-7,14H,4,8-11H2,1-3H3,(H,18,19)/t14-/m1/s1. The summed E-state index contributed by atoms with van der Waals surface area (Å²) in [5.74, 6) is 1.93. The summed E-state index contributed by atoms with van der Waals surface area (Å²) in [5, 5.41) is 19.2. The monoisotopic (exact) mass is 344 g/mol. The summed E-state index contributed by atoms with van der Waals surface area (Å²) in [6, 6.07) is 5.91. The molecule has 25 heavy (non-hydrogen) atoms. The van der Waals surface area contributed by atoms with Crippen LogP contribution in [0, 0.1) is 29.9 Å². The predicted molar refractivity (Wildman–Crippen MR) is 97.1 cm³/mol. The van der Waals surface area contributed by atoms with E-state index in [2.05, 4.69) is 20.3 Å². The lowest BCUT2D eigenvalue weighted by Gasteiger charge is -2.19. The van der Waals surface area contributed by atoms with Crippen molar-refractivity contribution in [2.24, 2.45) is 5.92 Å². The number of anilines is 2. The molecule has 1 aliphatic rings. The highest BCUT2D eigenvalue weighted by atomic mass is 16.6. The van der Waals surface area contributed by atoms with Crippen molar-refractivity contribution >= 4 is 17.3 Å². The van der Waals surface area contributed by atoms with Crippen LogP contribution in [-0.2, 0) is 6.54 Å². The van der Waals surface area contributed by atoms with Gasteiger partial charge in [0.05, 0.1) is 4.92 Å². The molecule has 0 radical (unpaired) electrons. The first-order valence-corrected chi connectivity index (χ1v) is 8.63. The summed E-state index contributed by atoms with van der Waals surface area (Å²) in [6.45, 7) is 8.64. The minimum absolute atomic E-state index is 0.135. The Morgan fingerprint density at radius 1 is 1.40 bits per heavy atom. The zero-order chi connectivity index (χ0) is 18.0. The van der Waals surface area contributed by atoms with Gasteiger partial charge in [-0.1, -0.05) is 6.07 Å². The molecule has 0 amide bonds. The van der Waals surface area contributed by atoms with E-state index in [9.17, 15) is 10.1 Å². The van der Waals surface area contributed by atoms with Gasteiger partial charge in [0.25, 0.3) is 0 Å². The van der Waals surface area contributed by atoms with Crippen LogP contribution >= 0.6 is 0 Å².